The second-order valence-electron chi connectivity index (χ2n) is 2.44. The average molecular weight is 174 g/mol. The number of nitrogens with one attached hydrogen (secondary N) is 1. The highest BCUT2D eigenvalue weighted by molar-refractivity contribution is 5.54. The van der Waals surface area contributed by atoms with Crippen LogP contribution in [-0.4, -0.2) is 15.0 Å². The monoisotopic (exact) mass is 174 g/mol. The van der Waals surface area contributed by atoms with Crippen LogP contribution in [-0.2, 0) is 0 Å². The van der Waals surface area contributed by atoms with Gasteiger partial charge in [0.25, 0.3) is 0 Å². The SMILES string of the molecule is O=Nc1cccc(-c2cnc[nH]2)n1. The molecule has 64 valence electrons. The second-order valence-corrected chi connectivity index (χ2v) is 2.44. The maximum atomic E-state index is 10.2. The Morgan fingerprint density at radius 1 is 1.38 bits per heavy atom. The highest BCUT2D eigenvalue weighted by Crippen LogP contribution is 2.16. The molecule has 0 saturated carbocycles. The summed E-state index contributed by atoms with van der Waals surface area (Å²) in [4.78, 5) is 20.9. The van der Waals surface area contributed by atoms with Gasteiger partial charge in [0.05, 0.1) is 23.9 Å². The first kappa shape index (κ1) is 7.60. The van der Waals surface area contributed by atoms with E-state index in [-0.39, 0.29) is 5.82 Å². The third-order valence-electron chi connectivity index (χ3n) is 1.60. The van der Waals surface area contributed by atoms with Crippen molar-refractivity contribution in [1.29, 1.82) is 0 Å². The molecule has 2 heterocycles. The minimum absolute atomic E-state index is 0.173. The molecule has 0 aromatic carbocycles. The molecule has 0 spiro atoms. The summed E-state index contributed by atoms with van der Waals surface area (Å²) < 4.78 is 0. The van der Waals surface area contributed by atoms with Gasteiger partial charge in [0.15, 0.2) is 5.82 Å². The Morgan fingerprint density at radius 3 is 3.00 bits per heavy atom. The third-order valence-corrected chi connectivity index (χ3v) is 1.60. The lowest BCUT2D eigenvalue weighted by molar-refractivity contribution is 1.24. The Balaban J connectivity index is 2.47. The van der Waals surface area contributed by atoms with Crippen molar-refractivity contribution < 1.29 is 0 Å². The first-order valence-electron chi connectivity index (χ1n) is 3.69. The van der Waals surface area contributed by atoms with E-state index in [2.05, 4.69) is 20.1 Å². The first-order valence-corrected chi connectivity index (χ1v) is 3.69. The van der Waals surface area contributed by atoms with E-state index in [1.807, 2.05) is 0 Å². The number of nitroso groups, excluding NO2 is 1. The molecular weight excluding hydrogens is 168 g/mol. The molecule has 0 fully saturated rings. The van der Waals surface area contributed by atoms with Crippen molar-refractivity contribution in [1.82, 2.24) is 15.0 Å². The fourth-order valence-electron chi connectivity index (χ4n) is 1.02. The quantitative estimate of drug-likeness (QED) is 0.706. The summed E-state index contributed by atoms with van der Waals surface area (Å²) in [6.07, 6.45) is 3.19. The maximum absolute atomic E-state index is 10.2. The average Bonchev–Trinajstić information content (AvgIpc) is 2.71. The predicted octanol–water partition coefficient (Wildman–Crippen LogP) is 1.87. The lowest BCUT2D eigenvalue weighted by Crippen LogP contribution is -1.81. The summed E-state index contributed by atoms with van der Waals surface area (Å²) in [5, 5.41) is 2.75. The van der Waals surface area contributed by atoms with Gasteiger partial charge < -0.3 is 4.98 Å². The van der Waals surface area contributed by atoms with Crippen LogP contribution in [0.1, 0.15) is 0 Å². The number of nitrogens with zero attached hydrogens (tertiary/aromatic N) is 3. The molecule has 0 bridgehead atoms. The van der Waals surface area contributed by atoms with Crippen molar-refractivity contribution in [2.75, 3.05) is 0 Å². The largest absolute Gasteiger partial charge is 0.343 e. The summed E-state index contributed by atoms with van der Waals surface area (Å²) in [7, 11) is 0. The summed E-state index contributed by atoms with van der Waals surface area (Å²) in [6, 6.07) is 5.05. The fraction of sp³-hybridized carbons (Fsp3) is 0. The fourth-order valence-corrected chi connectivity index (χ4v) is 1.02. The molecule has 0 saturated heterocycles. The van der Waals surface area contributed by atoms with Crippen LogP contribution in [0.4, 0.5) is 5.82 Å². The molecule has 0 aliphatic carbocycles. The highest BCUT2D eigenvalue weighted by Gasteiger charge is 2.00. The van der Waals surface area contributed by atoms with Gasteiger partial charge in [0, 0.05) is 0 Å². The predicted molar refractivity (Wildman–Crippen MR) is 47.3 cm³/mol. The van der Waals surface area contributed by atoms with E-state index in [1.54, 1.807) is 30.7 Å². The number of aromatic amines is 1. The van der Waals surface area contributed by atoms with Gasteiger partial charge >= 0.3 is 0 Å². The van der Waals surface area contributed by atoms with Crippen molar-refractivity contribution in [3.05, 3.63) is 35.6 Å². The molecule has 0 aliphatic rings. The zero-order valence-corrected chi connectivity index (χ0v) is 6.64. The molecule has 13 heavy (non-hydrogen) atoms. The Labute approximate surface area is 73.8 Å². The molecule has 2 aromatic rings. The number of rotatable bonds is 2. The van der Waals surface area contributed by atoms with Crippen LogP contribution in [0, 0.1) is 4.91 Å². The highest BCUT2D eigenvalue weighted by atomic mass is 16.3. The van der Waals surface area contributed by atoms with E-state index in [9.17, 15) is 4.91 Å². The van der Waals surface area contributed by atoms with Crippen LogP contribution in [0.25, 0.3) is 11.4 Å². The molecule has 0 unspecified atom stereocenters. The normalized spacial score (nSPS) is 9.85. The summed E-state index contributed by atoms with van der Waals surface area (Å²) in [6.45, 7) is 0. The van der Waals surface area contributed by atoms with Gasteiger partial charge in [0.1, 0.15) is 0 Å². The van der Waals surface area contributed by atoms with Crippen LogP contribution in [0.5, 0.6) is 0 Å². The lowest BCUT2D eigenvalue weighted by Gasteiger charge is -1.94. The smallest absolute Gasteiger partial charge is 0.197 e. The van der Waals surface area contributed by atoms with Gasteiger partial charge in [-0.2, -0.15) is 0 Å². The van der Waals surface area contributed by atoms with E-state index >= 15 is 0 Å². The maximum Gasteiger partial charge on any atom is 0.197 e. The molecule has 2 rings (SSSR count). The number of hydrogen-bond acceptors (Lipinski definition) is 4. The van der Waals surface area contributed by atoms with Gasteiger partial charge in [-0.05, 0) is 17.3 Å². The molecule has 5 nitrogen and oxygen atoms in total. The van der Waals surface area contributed by atoms with Crippen molar-refractivity contribution in [2.45, 2.75) is 0 Å². The molecule has 0 amide bonds. The van der Waals surface area contributed by atoms with E-state index in [4.69, 9.17) is 0 Å². The van der Waals surface area contributed by atoms with Gasteiger partial charge in [-0.15, -0.1) is 4.91 Å². The number of H-pyrrole nitrogens is 1. The Morgan fingerprint density at radius 2 is 2.31 bits per heavy atom. The Hall–Kier alpha value is -2.04. The summed E-state index contributed by atoms with van der Waals surface area (Å²) in [5.41, 5.74) is 1.43. The second kappa shape index (κ2) is 3.14. The van der Waals surface area contributed by atoms with Crippen LogP contribution in [0.3, 0.4) is 0 Å². The topological polar surface area (TPSA) is 71.0 Å². The Kier molecular flexibility index (Phi) is 1.84. The first-order chi connectivity index (χ1) is 6.40. The molecule has 0 atom stereocenters. The minimum Gasteiger partial charge on any atom is -0.343 e. The van der Waals surface area contributed by atoms with E-state index in [0.29, 0.717) is 5.69 Å². The number of pyridine rings is 1. The van der Waals surface area contributed by atoms with Gasteiger partial charge in [-0.25, -0.2) is 9.97 Å². The summed E-state index contributed by atoms with van der Waals surface area (Å²) in [5.74, 6) is 0.173. The molecule has 0 radical (unpaired) electrons. The van der Waals surface area contributed by atoms with Crippen molar-refractivity contribution >= 4 is 5.82 Å². The van der Waals surface area contributed by atoms with Crippen LogP contribution >= 0.6 is 0 Å². The molecule has 0 aliphatic heterocycles. The molecule has 2 aromatic heterocycles. The van der Waals surface area contributed by atoms with Crippen molar-refractivity contribution in [3.63, 3.8) is 0 Å². The minimum atomic E-state index is 0.173. The van der Waals surface area contributed by atoms with Crippen LogP contribution in [0.2, 0.25) is 0 Å². The van der Waals surface area contributed by atoms with E-state index < -0.39 is 0 Å². The molecule has 1 N–H and O–H groups in total. The number of aromatic nitrogens is 3. The number of imidazole rings is 1. The zero-order valence-electron chi connectivity index (χ0n) is 6.64. The Bertz CT molecular complexity index is 410. The third kappa shape index (κ3) is 1.44. The summed E-state index contributed by atoms with van der Waals surface area (Å²) >= 11 is 0. The van der Waals surface area contributed by atoms with E-state index in [1.165, 1.54) is 0 Å². The lowest BCUT2D eigenvalue weighted by atomic mass is 10.3. The zero-order chi connectivity index (χ0) is 9.10. The van der Waals surface area contributed by atoms with Crippen molar-refractivity contribution in [3.8, 4) is 11.4 Å². The standard InChI is InChI=1S/C8H6N4O/c13-12-8-3-1-2-6(11-8)7-4-9-5-10-7/h1-5H,(H,9,10). The molecular formula is C8H6N4O. The van der Waals surface area contributed by atoms with Gasteiger partial charge in [0.2, 0.25) is 0 Å². The van der Waals surface area contributed by atoms with Gasteiger partial charge in [-0.3, -0.25) is 0 Å². The van der Waals surface area contributed by atoms with E-state index in [0.717, 1.165) is 5.69 Å². The molecule has 5 heteroatoms. The number of hydrogen-bond donors (Lipinski definition) is 1. The van der Waals surface area contributed by atoms with Crippen molar-refractivity contribution in [2.24, 2.45) is 5.18 Å². The van der Waals surface area contributed by atoms with Crippen LogP contribution < -0.4 is 0 Å². The van der Waals surface area contributed by atoms with Gasteiger partial charge in [-0.1, -0.05) is 6.07 Å². The van der Waals surface area contributed by atoms with Crippen LogP contribution in [0.15, 0.2) is 35.9 Å².